The largest absolute Gasteiger partial charge is 0.305 e. The molecular formula is C25H44OSi. The van der Waals surface area contributed by atoms with Gasteiger partial charge in [-0.25, -0.2) is 0 Å². The van der Waals surface area contributed by atoms with Crippen LogP contribution in [0.3, 0.4) is 0 Å². The molecule has 0 amide bonds. The van der Waals surface area contributed by atoms with Crippen molar-refractivity contribution in [3.63, 3.8) is 0 Å². The van der Waals surface area contributed by atoms with Gasteiger partial charge in [-0.3, -0.25) is 0 Å². The topological polar surface area (TPSA) is 17.1 Å². The molecule has 4 saturated carbocycles. The van der Waals surface area contributed by atoms with E-state index in [2.05, 4.69) is 0 Å². The maximum atomic E-state index is 14.6. The van der Waals surface area contributed by atoms with Gasteiger partial charge in [-0.05, 0) is 29.5 Å². The van der Waals surface area contributed by atoms with Crippen LogP contribution < -0.4 is 0 Å². The lowest BCUT2D eigenvalue weighted by molar-refractivity contribution is -0.117. The first-order valence-corrected chi connectivity index (χ1v) is 15.1. The zero-order valence-electron chi connectivity index (χ0n) is 17.9. The van der Waals surface area contributed by atoms with Gasteiger partial charge in [0.05, 0.1) is 0 Å². The third-order valence-electron chi connectivity index (χ3n) is 9.24. The molecule has 0 heterocycles. The van der Waals surface area contributed by atoms with Crippen LogP contribution in [0.1, 0.15) is 128 Å². The van der Waals surface area contributed by atoms with Crippen molar-refractivity contribution in [2.45, 2.75) is 145 Å². The number of carbonyl (C=O) groups is 1. The monoisotopic (exact) mass is 388 g/mol. The minimum atomic E-state index is -1.92. The fraction of sp³-hybridized carbons (Fsp3) is 0.960. The second kappa shape index (κ2) is 9.59. The Morgan fingerprint density at radius 3 is 1.07 bits per heavy atom. The molecule has 0 spiro atoms. The maximum Gasteiger partial charge on any atom is 0.142 e. The fourth-order valence-electron chi connectivity index (χ4n) is 8.06. The Kier molecular flexibility index (Phi) is 7.17. The average Bonchev–Trinajstić information content (AvgIpc) is 2.77. The van der Waals surface area contributed by atoms with Crippen LogP contribution in [0.5, 0.6) is 0 Å². The Morgan fingerprint density at radius 2 is 0.741 bits per heavy atom. The Bertz CT molecular complexity index is 417. The maximum absolute atomic E-state index is 14.6. The van der Waals surface area contributed by atoms with Gasteiger partial charge < -0.3 is 4.79 Å². The van der Waals surface area contributed by atoms with Crippen LogP contribution in [-0.4, -0.2) is 13.5 Å². The lowest BCUT2D eigenvalue weighted by Crippen LogP contribution is -2.60. The van der Waals surface area contributed by atoms with Crippen molar-refractivity contribution in [3.8, 4) is 0 Å². The third-order valence-corrected chi connectivity index (χ3v) is 16.3. The van der Waals surface area contributed by atoms with Gasteiger partial charge in [-0.2, -0.15) is 0 Å². The summed E-state index contributed by atoms with van der Waals surface area (Å²) in [5, 5.41) is 0.952. The molecule has 0 bridgehead atoms. The molecule has 0 unspecified atom stereocenters. The molecule has 1 nitrogen and oxygen atoms in total. The summed E-state index contributed by atoms with van der Waals surface area (Å²) in [7, 11) is -1.92. The molecule has 0 aromatic rings. The second-order valence-electron chi connectivity index (χ2n) is 10.6. The van der Waals surface area contributed by atoms with Gasteiger partial charge in [0.1, 0.15) is 13.5 Å². The summed E-state index contributed by atoms with van der Waals surface area (Å²) < 4.78 is 0. The molecule has 4 aliphatic carbocycles. The van der Waals surface area contributed by atoms with Crippen LogP contribution in [0.15, 0.2) is 0 Å². The van der Waals surface area contributed by atoms with Crippen LogP contribution in [0.4, 0.5) is 0 Å². The van der Waals surface area contributed by atoms with Gasteiger partial charge in [0, 0.05) is 5.92 Å². The van der Waals surface area contributed by atoms with E-state index in [1.54, 1.807) is 0 Å². The van der Waals surface area contributed by atoms with Gasteiger partial charge in [-0.15, -0.1) is 0 Å². The van der Waals surface area contributed by atoms with Crippen LogP contribution in [-0.2, 0) is 4.79 Å². The van der Waals surface area contributed by atoms with Gasteiger partial charge in [0.2, 0.25) is 0 Å². The van der Waals surface area contributed by atoms with Crippen LogP contribution in [0.2, 0.25) is 16.6 Å². The van der Waals surface area contributed by atoms with E-state index in [4.69, 9.17) is 0 Å². The van der Waals surface area contributed by atoms with E-state index in [0.29, 0.717) is 5.92 Å². The molecule has 4 fully saturated rings. The normalized spacial score (nSPS) is 28.3. The van der Waals surface area contributed by atoms with Gasteiger partial charge >= 0.3 is 0 Å². The first kappa shape index (κ1) is 20.2. The smallest absolute Gasteiger partial charge is 0.142 e. The summed E-state index contributed by atoms with van der Waals surface area (Å²) >= 11 is 0. The Morgan fingerprint density at radius 1 is 0.444 bits per heavy atom. The van der Waals surface area contributed by atoms with Gasteiger partial charge in [-0.1, -0.05) is 116 Å². The molecule has 0 saturated heterocycles. The summed E-state index contributed by atoms with van der Waals surface area (Å²) in [6, 6.07) is 0. The summed E-state index contributed by atoms with van der Waals surface area (Å²) in [5.41, 5.74) is 2.60. The highest BCUT2D eigenvalue weighted by Crippen LogP contribution is 2.58. The van der Waals surface area contributed by atoms with Crippen molar-refractivity contribution in [1.82, 2.24) is 0 Å². The molecule has 0 aliphatic heterocycles. The first-order chi connectivity index (χ1) is 13.3. The van der Waals surface area contributed by atoms with E-state index in [-0.39, 0.29) is 0 Å². The average molecular weight is 389 g/mol. The molecule has 0 aromatic carbocycles. The van der Waals surface area contributed by atoms with E-state index in [1.807, 2.05) is 0 Å². The van der Waals surface area contributed by atoms with E-state index < -0.39 is 8.07 Å². The van der Waals surface area contributed by atoms with E-state index in [0.717, 1.165) is 22.0 Å². The standard InChI is InChI=1S/C25H44OSi/c26-25(21-13-5-1-6-14-21)27(22-15-7-2-8-16-22,23-17-9-3-10-18-23)24-19-11-4-12-20-24/h21-24H,1-20H2. The molecular weight excluding hydrogens is 344 g/mol. The molecule has 0 radical (unpaired) electrons. The van der Waals surface area contributed by atoms with Crippen LogP contribution >= 0.6 is 0 Å². The van der Waals surface area contributed by atoms with Gasteiger partial charge in [0.25, 0.3) is 0 Å². The van der Waals surface area contributed by atoms with Crippen LogP contribution in [0.25, 0.3) is 0 Å². The molecule has 2 heteroatoms. The molecule has 4 aliphatic rings. The molecule has 4 rings (SSSR count). The molecule has 27 heavy (non-hydrogen) atoms. The molecule has 0 N–H and O–H groups in total. The number of carbonyl (C=O) groups excluding carboxylic acids is 1. The van der Waals surface area contributed by atoms with Crippen molar-refractivity contribution in [1.29, 1.82) is 0 Å². The Balaban J connectivity index is 1.72. The summed E-state index contributed by atoms with van der Waals surface area (Å²) in [6.07, 6.45) is 28.0. The van der Waals surface area contributed by atoms with E-state index in [9.17, 15) is 4.79 Å². The van der Waals surface area contributed by atoms with Crippen molar-refractivity contribution in [3.05, 3.63) is 0 Å². The molecule has 0 atom stereocenters. The zero-order chi connectivity index (χ0) is 18.5. The van der Waals surface area contributed by atoms with Crippen molar-refractivity contribution in [2.24, 2.45) is 5.92 Å². The SMILES string of the molecule is O=C(C1CCCCC1)[Si](C1CCCCC1)(C1CCCCC1)C1CCCCC1. The minimum Gasteiger partial charge on any atom is -0.305 e. The second-order valence-corrected chi connectivity index (χ2v) is 15.4. The van der Waals surface area contributed by atoms with E-state index in [1.165, 1.54) is 128 Å². The van der Waals surface area contributed by atoms with Crippen molar-refractivity contribution in [2.75, 3.05) is 0 Å². The first-order valence-electron chi connectivity index (χ1n) is 12.9. The highest BCUT2D eigenvalue weighted by Gasteiger charge is 2.58. The highest BCUT2D eigenvalue weighted by atomic mass is 28.3. The van der Waals surface area contributed by atoms with Crippen molar-refractivity contribution >= 4 is 13.5 Å². The molecule has 154 valence electrons. The lowest BCUT2D eigenvalue weighted by atomic mass is 9.90. The predicted octanol–water partition coefficient (Wildman–Crippen LogP) is 8.13. The minimum absolute atomic E-state index is 0.483. The predicted molar refractivity (Wildman–Crippen MR) is 118 cm³/mol. The van der Waals surface area contributed by atoms with Gasteiger partial charge in [0.15, 0.2) is 0 Å². The lowest BCUT2D eigenvalue weighted by Gasteiger charge is -2.53. The Hall–Kier alpha value is -0.113. The number of hydrogen-bond acceptors (Lipinski definition) is 1. The summed E-state index contributed by atoms with van der Waals surface area (Å²) in [5.74, 6) is 0.483. The molecule has 0 aromatic heterocycles. The summed E-state index contributed by atoms with van der Waals surface area (Å²) in [6.45, 7) is 0. The Labute approximate surface area is 169 Å². The third kappa shape index (κ3) is 4.12. The zero-order valence-corrected chi connectivity index (χ0v) is 18.9. The highest BCUT2D eigenvalue weighted by molar-refractivity contribution is 7.09. The number of hydrogen-bond donors (Lipinski definition) is 0. The number of rotatable bonds is 5. The van der Waals surface area contributed by atoms with Crippen molar-refractivity contribution < 1.29 is 4.79 Å². The quantitative estimate of drug-likeness (QED) is 0.434. The fourth-order valence-corrected chi connectivity index (χ4v) is 16.4. The summed E-state index contributed by atoms with van der Waals surface area (Å²) in [4.78, 5) is 14.6. The van der Waals surface area contributed by atoms with E-state index >= 15 is 0 Å². The van der Waals surface area contributed by atoms with Crippen LogP contribution in [0, 0.1) is 5.92 Å².